The van der Waals surface area contributed by atoms with Crippen molar-refractivity contribution in [2.75, 3.05) is 0 Å². The summed E-state index contributed by atoms with van der Waals surface area (Å²) in [4.78, 5) is 0. The fourth-order valence-corrected chi connectivity index (χ4v) is 37.3. The summed E-state index contributed by atoms with van der Waals surface area (Å²) in [6.07, 6.45) is 10.1. The molecule has 2 aliphatic rings. The van der Waals surface area contributed by atoms with Crippen molar-refractivity contribution in [2.45, 2.75) is 53.8 Å². The third-order valence-corrected chi connectivity index (χ3v) is 45.1. The average Bonchev–Trinajstić information content (AvgIpc) is 3.51. The number of hydrogen-bond donors (Lipinski definition) is 0. The summed E-state index contributed by atoms with van der Waals surface area (Å²) in [7, 11) is 0. The number of hydrogen-bond acceptors (Lipinski definition) is 0. The van der Waals surface area contributed by atoms with Gasteiger partial charge in [-0.3, -0.25) is 0 Å². The van der Waals surface area contributed by atoms with Gasteiger partial charge in [-0.1, -0.05) is 0 Å². The van der Waals surface area contributed by atoms with Crippen LogP contribution in [0.3, 0.4) is 0 Å². The van der Waals surface area contributed by atoms with Crippen molar-refractivity contribution >= 4 is 19.1 Å². The summed E-state index contributed by atoms with van der Waals surface area (Å²) in [6.45, 7) is 11.4. The SMILES string of the molecule is Cc1cccc(C)c1-c1cccc2c1C=C[CH]2[Hf]([CH3])([CH3])([CH3])([CH3])(=[SiH2])[CH]1C=Cc2c(-c3c(C)cccc3C)cccc21. The molecule has 0 amide bonds. The molecule has 0 nitrogen and oxygen atoms in total. The topological polar surface area (TPSA) is 0 Å². The van der Waals surface area contributed by atoms with Crippen molar-refractivity contribution in [3.63, 3.8) is 0 Å². The first-order valence-electron chi connectivity index (χ1n) is 14.9. The van der Waals surface area contributed by atoms with Gasteiger partial charge in [0.1, 0.15) is 0 Å². The summed E-state index contributed by atoms with van der Waals surface area (Å²) >= 11 is -4.75. The van der Waals surface area contributed by atoms with Gasteiger partial charge in [0.2, 0.25) is 0 Å². The van der Waals surface area contributed by atoms with Crippen LogP contribution in [0.4, 0.5) is 0 Å². The molecule has 0 spiro atoms. The molecular formula is C38H44HfSi. The normalized spacial score (nSPS) is 20.4. The Labute approximate surface area is 237 Å². The minimum atomic E-state index is -4.75. The second-order valence-electron chi connectivity index (χ2n) is 17.1. The molecule has 0 aromatic heterocycles. The third kappa shape index (κ3) is 3.93. The predicted molar refractivity (Wildman–Crippen MR) is 178 cm³/mol. The van der Waals surface area contributed by atoms with E-state index in [0.29, 0.717) is 7.35 Å². The molecule has 0 heterocycles. The Bertz CT molecular complexity index is 1750. The first kappa shape index (κ1) is 27.6. The molecule has 204 valence electrons. The van der Waals surface area contributed by atoms with E-state index in [1.165, 1.54) is 66.8 Å². The van der Waals surface area contributed by atoms with E-state index in [-0.39, 0.29) is 0 Å². The molecule has 2 unspecified atom stereocenters. The fraction of sp³-hybridized carbons (Fsp3) is 0.263. The third-order valence-electron chi connectivity index (χ3n) is 10.6. The quantitative estimate of drug-likeness (QED) is 0.185. The van der Waals surface area contributed by atoms with Gasteiger partial charge in [-0.2, -0.15) is 0 Å². The second kappa shape index (κ2) is 7.84. The monoisotopic (exact) mass is 708 g/mol. The molecule has 0 saturated carbocycles. The average molecular weight is 707 g/mol. The summed E-state index contributed by atoms with van der Waals surface area (Å²) < 4.78 is 11.7. The summed E-state index contributed by atoms with van der Waals surface area (Å²) in [5.74, 6) is 0. The van der Waals surface area contributed by atoms with Gasteiger partial charge in [0.15, 0.2) is 0 Å². The Morgan fingerprint density at radius 1 is 0.500 bits per heavy atom. The second-order valence-corrected chi connectivity index (χ2v) is 104. The number of allylic oxidation sites excluding steroid dienone is 2. The van der Waals surface area contributed by atoms with Crippen LogP contribution in [0.15, 0.2) is 84.9 Å². The Hall–Kier alpha value is -2.55. The van der Waals surface area contributed by atoms with Crippen molar-refractivity contribution in [3.05, 3.63) is 129 Å². The zero-order valence-corrected chi connectivity index (χ0v) is 30.6. The predicted octanol–water partition coefficient (Wildman–Crippen LogP) is 10.6. The van der Waals surface area contributed by atoms with E-state index in [4.69, 9.17) is 0 Å². The molecule has 0 saturated heterocycles. The van der Waals surface area contributed by atoms with Gasteiger partial charge >= 0.3 is 239 Å². The maximum absolute atomic E-state index is 4.75. The van der Waals surface area contributed by atoms with Gasteiger partial charge in [0.25, 0.3) is 0 Å². The van der Waals surface area contributed by atoms with Crippen molar-refractivity contribution in [1.29, 1.82) is 0 Å². The van der Waals surface area contributed by atoms with E-state index in [1.807, 2.05) is 0 Å². The molecule has 2 aliphatic carbocycles. The molecule has 0 N–H and O–H groups in total. The van der Waals surface area contributed by atoms with E-state index < -0.39 is 14.2 Å². The molecule has 40 heavy (non-hydrogen) atoms. The Kier molecular flexibility index (Phi) is 5.41. The van der Waals surface area contributed by atoms with Crippen LogP contribution in [-0.4, -0.2) is 6.94 Å². The van der Waals surface area contributed by atoms with Crippen LogP contribution in [0.2, 0.25) is 18.7 Å². The first-order chi connectivity index (χ1) is 18.5. The summed E-state index contributed by atoms with van der Waals surface area (Å²) in [6, 6.07) is 27.5. The van der Waals surface area contributed by atoms with Crippen LogP contribution < -0.4 is 0 Å². The van der Waals surface area contributed by atoms with E-state index in [0.717, 1.165) is 0 Å². The molecule has 2 atom stereocenters. The Morgan fingerprint density at radius 3 is 1.18 bits per heavy atom. The van der Waals surface area contributed by atoms with Crippen LogP contribution in [0.25, 0.3) is 34.4 Å². The number of aryl methyl sites for hydroxylation is 4. The molecule has 4 aromatic rings. The minimum absolute atomic E-state index is 0.409. The van der Waals surface area contributed by atoms with Crippen molar-refractivity contribution in [1.82, 2.24) is 0 Å². The van der Waals surface area contributed by atoms with Crippen LogP contribution >= 0.6 is 0 Å². The molecule has 0 fully saturated rings. The molecular weight excluding hydrogens is 663 g/mol. The zero-order chi connectivity index (χ0) is 28.8. The van der Waals surface area contributed by atoms with E-state index in [2.05, 4.69) is 150 Å². The van der Waals surface area contributed by atoms with Gasteiger partial charge < -0.3 is 0 Å². The van der Waals surface area contributed by atoms with Gasteiger partial charge in [0.05, 0.1) is 0 Å². The van der Waals surface area contributed by atoms with Crippen LogP contribution in [0.1, 0.15) is 51.9 Å². The molecule has 6 rings (SSSR count). The zero-order valence-electron chi connectivity index (χ0n) is 25.6. The van der Waals surface area contributed by atoms with E-state index in [9.17, 15) is 0 Å². The summed E-state index contributed by atoms with van der Waals surface area (Å²) in [5, 5.41) is 0. The maximum atomic E-state index is 2.73. The van der Waals surface area contributed by atoms with E-state index >= 15 is 0 Å². The van der Waals surface area contributed by atoms with Crippen molar-refractivity contribution in [2.24, 2.45) is 0 Å². The van der Waals surface area contributed by atoms with Gasteiger partial charge in [0, 0.05) is 0 Å². The molecule has 0 bridgehead atoms. The molecule has 0 radical (unpaired) electrons. The van der Waals surface area contributed by atoms with E-state index in [1.54, 1.807) is 0 Å². The van der Waals surface area contributed by atoms with Crippen molar-refractivity contribution in [3.8, 4) is 22.3 Å². The Morgan fingerprint density at radius 2 is 0.825 bits per heavy atom. The van der Waals surface area contributed by atoms with Crippen LogP contribution in [-0.2, 0) is 14.2 Å². The Balaban J connectivity index is 1.55. The number of fused-ring (bicyclic) bond motifs is 2. The van der Waals surface area contributed by atoms with Gasteiger partial charge in [-0.15, -0.1) is 0 Å². The van der Waals surface area contributed by atoms with Gasteiger partial charge in [-0.25, -0.2) is 0 Å². The fourth-order valence-electron chi connectivity index (χ4n) is 8.44. The summed E-state index contributed by atoms with van der Waals surface area (Å²) in [5.41, 5.74) is 16.8. The molecule has 0 aliphatic heterocycles. The van der Waals surface area contributed by atoms with Crippen LogP contribution in [0.5, 0.6) is 0 Å². The van der Waals surface area contributed by atoms with Crippen molar-refractivity contribution < 1.29 is 14.2 Å². The van der Waals surface area contributed by atoms with Crippen LogP contribution in [0, 0.1) is 27.7 Å². The number of benzene rings is 4. The molecule has 4 aromatic carbocycles. The van der Waals surface area contributed by atoms with Gasteiger partial charge in [-0.05, 0) is 0 Å². The molecule has 2 heteroatoms. The first-order valence-corrected chi connectivity index (χ1v) is 41.7. The number of rotatable bonds is 4. The standard InChI is InChI=1S/2C17H15.4CH3.Hf.H2Si/c2*1-12-6-3-7-13(2)17(12)16-11-5-9-14-8-4-10-15(14)16;;;;;;/h2*3-11H,1-2H3;4*1H3;;1H2.